The number of methoxy groups -OCH3 is 1. The zero-order valence-electron chi connectivity index (χ0n) is 27.7. The predicted molar refractivity (Wildman–Crippen MR) is 183 cm³/mol. The Bertz CT molecular complexity index is 1730. The molecule has 248 valence electrons. The standard InChI is InChI=1S/C39H41N3O6/c1-39(2,3)48-38(45)41-24-30-14-9-15-33(21-30)31-16-18-32(19-17-31)36(43)42-35(26-47-25-27-10-6-5-7-11-27)34(37(44)46-4)22-28-12-8-13-29(20-28)23-40/h5-21,34-35H,22,24-26H2,1-4H3,(H,41,45)(H,42,43). The quantitative estimate of drug-likeness (QED) is 0.157. The summed E-state index contributed by atoms with van der Waals surface area (Å²) in [5.41, 5.74) is 4.72. The normalized spacial score (nSPS) is 12.2. The van der Waals surface area contributed by atoms with Crippen LogP contribution in [0.2, 0.25) is 0 Å². The fourth-order valence-corrected chi connectivity index (χ4v) is 5.11. The molecule has 0 radical (unpaired) electrons. The highest BCUT2D eigenvalue weighted by atomic mass is 16.6. The van der Waals surface area contributed by atoms with Crippen molar-refractivity contribution in [1.82, 2.24) is 10.6 Å². The number of ether oxygens (including phenoxy) is 3. The first-order chi connectivity index (χ1) is 23.0. The van der Waals surface area contributed by atoms with Crippen LogP contribution < -0.4 is 10.6 Å². The minimum absolute atomic E-state index is 0.0561. The second-order valence-corrected chi connectivity index (χ2v) is 12.4. The first-order valence-corrected chi connectivity index (χ1v) is 15.7. The van der Waals surface area contributed by atoms with Gasteiger partial charge in [-0.25, -0.2) is 4.79 Å². The Hall–Kier alpha value is -5.46. The van der Waals surface area contributed by atoms with Gasteiger partial charge in [-0.3, -0.25) is 9.59 Å². The van der Waals surface area contributed by atoms with Crippen molar-refractivity contribution >= 4 is 18.0 Å². The maximum absolute atomic E-state index is 13.6. The monoisotopic (exact) mass is 647 g/mol. The van der Waals surface area contributed by atoms with Gasteiger partial charge in [0.05, 0.1) is 43.9 Å². The number of hydrogen-bond acceptors (Lipinski definition) is 7. The highest BCUT2D eigenvalue weighted by molar-refractivity contribution is 5.95. The molecule has 4 rings (SSSR count). The molecule has 0 fully saturated rings. The van der Waals surface area contributed by atoms with Crippen molar-refractivity contribution in [3.63, 3.8) is 0 Å². The molecule has 0 aliphatic rings. The summed E-state index contributed by atoms with van der Waals surface area (Å²) in [4.78, 5) is 38.8. The summed E-state index contributed by atoms with van der Waals surface area (Å²) in [7, 11) is 1.31. The molecule has 0 aromatic heterocycles. The van der Waals surface area contributed by atoms with E-state index in [1.807, 2.05) is 93.6 Å². The molecule has 2 atom stereocenters. The Balaban J connectivity index is 1.49. The van der Waals surface area contributed by atoms with E-state index in [1.165, 1.54) is 7.11 Å². The van der Waals surface area contributed by atoms with Crippen molar-refractivity contribution < 1.29 is 28.6 Å². The van der Waals surface area contributed by atoms with Crippen LogP contribution in [0, 0.1) is 17.2 Å². The lowest BCUT2D eigenvalue weighted by molar-refractivity contribution is -0.147. The van der Waals surface area contributed by atoms with Crippen LogP contribution in [-0.2, 0) is 38.6 Å². The third-order valence-electron chi connectivity index (χ3n) is 7.47. The maximum atomic E-state index is 13.6. The van der Waals surface area contributed by atoms with E-state index in [9.17, 15) is 19.6 Å². The molecule has 2 N–H and O–H groups in total. The van der Waals surface area contributed by atoms with Crippen LogP contribution in [0.4, 0.5) is 4.79 Å². The third kappa shape index (κ3) is 10.8. The van der Waals surface area contributed by atoms with Crippen LogP contribution in [0.3, 0.4) is 0 Å². The van der Waals surface area contributed by atoms with Crippen LogP contribution in [0.15, 0.2) is 103 Å². The molecule has 2 amide bonds. The van der Waals surface area contributed by atoms with Crippen LogP contribution in [0.5, 0.6) is 0 Å². The third-order valence-corrected chi connectivity index (χ3v) is 7.47. The molecule has 4 aromatic carbocycles. The molecular formula is C39H41N3O6. The summed E-state index contributed by atoms with van der Waals surface area (Å²) < 4.78 is 16.5. The molecule has 0 bridgehead atoms. The highest BCUT2D eigenvalue weighted by Crippen LogP contribution is 2.22. The van der Waals surface area contributed by atoms with E-state index >= 15 is 0 Å². The number of carbonyl (C=O) groups is 3. The first-order valence-electron chi connectivity index (χ1n) is 15.7. The molecule has 0 saturated carbocycles. The number of nitrogens with one attached hydrogen (secondary N) is 2. The Kier molecular flexibility index (Phi) is 12.5. The molecule has 2 unspecified atom stereocenters. The Morgan fingerprint density at radius 2 is 1.50 bits per heavy atom. The zero-order chi connectivity index (χ0) is 34.5. The number of benzene rings is 4. The molecule has 48 heavy (non-hydrogen) atoms. The number of alkyl carbamates (subject to hydrolysis) is 1. The van der Waals surface area contributed by atoms with Gasteiger partial charge in [-0.2, -0.15) is 5.26 Å². The molecule has 0 spiro atoms. The van der Waals surface area contributed by atoms with Gasteiger partial charge >= 0.3 is 12.1 Å². The van der Waals surface area contributed by atoms with Gasteiger partial charge < -0.3 is 24.8 Å². The molecule has 0 aliphatic carbocycles. The Labute approximate surface area is 281 Å². The predicted octanol–water partition coefficient (Wildman–Crippen LogP) is 6.60. The average Bonchev–Trinajstić information content (AvgIpc) is 3.09. The van der Waals surface area contributed by atoms with Crippen LogP contribution >= 0.6 is 0 Å². The number of carbonyl (C=O) groups excluding carboxylic acids is 3. The van der Waals surface area contributed by atoms with E-state index in [4.69, 9.17) is 14.2 Å². The van der Waals surface area contributed by atoms with Crippen molar-refractivity contribution in [2.24, 2.45) is 5.92 Å². The number of nitriles is 1. The van der Waals surface area contributed by atoms with Crippen molar-refractivity contribution in [3.05, 3.63) is 131 Å². The van der Waals surface area contributed by atoms with Gasteiger partial charge in [-0.1, -0.05) is 72.8 Å². The fourth-order valence-electron chi connectivity index (χ4n) is 5.11. The largest absolute Gasteiger partial charge is 0.469 e. The number of hydrogen-bond donors (Lipinski definition) is 2. The zero-order valence-corrected chi connectivity index (χ0v) is 27.7. The van der Waals surface area contributed by atoms with E-state index in [2.05, 4.69) is 16.7 Å². The molecular weight excluding hydrogens is 606 g/mol. The second-order valence-electron chi connectivity index (χ2n) is 12.4. The van der Waals surface area contributed by atoms with Crippen molar-refractivity contribution in [2.45, 2.75) is 52.0 Å². The molecule has 4 aromatic rings. The molecule has 0 heterocycles. The van der Waals surface area contributed by atoms with E-state index in [1.54, 1.807) is 30.3 Å². The molecule has 0 saturated heterocycles. The summed E-state index contributed by atoms with van der Waals surface area (Å²) in [6.45, 7) is 6.09. The second kappa shape index (κ2) is 16.9. The molecule has 9 nitrogen and oxygen atoms in total. The minimum Gasteiger partial charge on any atom is -0.469 e. The summed E-state index contributed by atoms with van der Waals surface area (Å²) in [5, 5.41) is 15.2. The number of nitrogens with zero attached hydrogens (tertiary/aromatic N) is 1. The van der Waals surface area contributed by atoms with Gasteiger partial charge in [0.25, 0.3) is 5.91 Å². The van der Waals surface area contributed by atoms with E-state index in [0.29, 0.717) is 24.3 Å². The first kappa shape index (κ1) is 35.4. The summed E-state index contributed by atoms with van der Waals surface area (Å²) >= 11 is 0. The fraction of sp³-hybridized carbons (Fsp3) is 0.282. The highest BCUT2D eigenvalue weighted by Gasteiger charge is 2.31. The van der Waals surface area contributed by atoms with Gasteiger partial charge in [0.2, 0.25) is 0 Å². The Morgan fingerprint density at radius 3 is 2.19 bits per heavy atom. The summed E-state index contributed by atoms with van der Waals surface area (Å²) in [6.07, 6.45) is -0.253. The van der Waals surface area contributed by atoms with Crippen molar-refractivity contribution in [2.75, 3.05) is 13.7 Å². The summed E-state index contributed by atoms with van der Waals surface area (Å²) in [5.74, 6) is -1.65. The van der Waals surface area contributed by atoms with Crippen molar-refractivity contribution in [1.29, 1.82) is 5.26 Å². The molecule has 9 heteroatoms. The van der Waals surface area contributed by atoms with Crippen molar-refractivity contribution in [3.8, 4) is 17.2 Å². The molecule has 0 aliphatic heterocycles. The van der Waals surface area contributed by atoms with Gasteiger partial charge in [0.1, 0.15) is 5.60 Å². The number of esters is 1. The van der Waals surface area contributed by atoms with Gasteiger partial charge in [0, 0.05) is 12.1 Å². The van der Waals surface area contributed by atoms with Crippen LogP contribution in [0.1, 0.15) is 53.4 Å². The number of amides is 2. The lowest BCUT2D eigenvalue weighted by Crippen LogP contribution is -2.47. The lowest BCUT2D eigenvalue weighted by Gasteiger charge is -2.26. The maximum Gasteiger partial charge on any atom is 0.407 e. The Morgan fingerprint density at radius 1 is 0.812 bits per heavy atom. The number of rotatable bonds is 13. The van der Waals surface area contributed by atoms with E-state index in [0.717, 1.165) is 27.8 Å². The van der Waals surface area contributed by atoms with Gasteiger partial charge in [-0.15, -0.1) is 0 Å². The SMILES string of the molecule is COC(=O)C(Cc1cccc(C#N)c1)C(COCc1ccccc1)NC(=O)c1ccc(-c2cccc(CNC(=O)OC(C)(C)C)c2)cc1. The van der Waals surface area contributed by atoms with Crippen LogP contribution in [0.25, 0.3) is 11.1 Å². The lowest BCUT2D eigenvalue weighted by atomic mass is 9.91. The van der Waals surface area contributed by atoms with E-state index < -0.39 is 29.6 Å². The minimum atomic E-state index is -0.778. The smallest absolute Gasteiger partial charge is 0.407 e. The van der Waals surface area contributed by atoms with E-state index in [-0.39, 0.29) is 18.9 Å². The average molecular weight is 648 g/mol. The van der Waals surface area contributed by atoms with Gasteiger partial charge in [-0.05, 0) is 85.3 Å². The summed E-state index contributed by atoms with van der Waals surface area (Å²) in [6, 6.07) is 32.9. The van der Waals surface area contributed by atoms with Crippen LogP contribution in [-0.4, -0.2) is 43.3 Å². The topological polar surface area (TPSA) is 127 Å². The van der Waals surface area contributed by atoms with Gasteiger partial charge in [0.15, 0.2) is 0 Å².